The summed E-state index contributed by atoms with van der Waals surface area (Å²) in [5.74, 6) is -0.315. The maximum Gasteiger partial charge on any atom is 0.513 e. The Labute approximate surface area is 146 Å². The van der Waals surface area contributed by atoms with Gasteiger partial charge in [-0.1, -0.05) is 37.3 Å². The van der Waals surface area contributed by atoms with Gasteiger partial charge < -0.3 is 19.3 Å². The summed E-state index contributed by atoms with van der Waals surface area (Å²) in [5, 5.41) is 9.37. The van der Waals surface area contributed by atoms with Gasteiger partial charge in [-0.25, -0.2) is 4.79 Å². The summed E-state index contributed by atoms with van der Waals surface area (Å²) in [4.78, 5) is 23.1. The Morgan fingerprint density at radius 3 is 2.24 bits per heavy atom. The van der Waals surface area contributed by atoms with E-state index in [4.69, 9.17) is 9.47 Å². The lowest BCUT2D eigenvalue weighted by atomic mass is 9.90. The molecule has 0 saturated carbocycles. The molecule has 0 aliphatic heterocycles. The van der Waals surface area contributed by atoms with Gasteiger partial charge in [-0.3, -0.25) is 4.79 Å². The molecule has 0 aliphatic rings. The number of hydrogen-bond donors (Lipinski definition) is 1. The molecule has 0 spiro atoms. The van der Waals surface area contributed by atoms with E-state index in [1.165, 1.54) is 14.2 Å². The second-order valence-electron chi connectivity index (χ2n) is 5.26. The molecule has 0 saturated heterocycles. The van der Waals surface area contributed by atoms with Crippen molar-refractivity contribution in [1.29, 1.82) is 0 Å². The number of carbonyl (C=O) groups excluding carboxylic acids is 1. The van der Waals surface area contributed by atoms with Crippen LogP contribution in [-0.4, -0.2) is 31.5 Å². The van der Waals surface area contributed by atoms with E-state index in [2.05, 4.69) is 4.74 Å². The van der Waals surface area contributed by atoms with E-state index in [9.17, 15) is 14.7 Å². The van der Waals surface area contributed by atoms with Gasteiger partial charge >= 0.3 is 12.1 Å². The maximum atomic E-state index is 11.7. The first-order valence-corrected chi connectivity index (χ1v) is 7.77. The third-order valence-corrected chi connectivity index (χ3v) is 3.80. The summed E-state index contributed by atoms with van der Waals surface area (Å²) in [6.07, 6.45) is -0.531. The van der Waals surface area contributed by atoms with Crippen LogP contribution in [0.2, 0.25) is 0 Å². The molecule has 2 aromatic rings. The van der Waals surface area contributed by atoms with Crippen LogP contribution in [0.5, 0.6) is 11.5 Å². The van der Waals surface area contributed by atoms with Crippen LogP contribution in [0.15, 0.2) is 36.4 Å². The molecular weight excluding hydrogens is 324 g/mol. The molecule has 0 fully saturated rings. The minimum Gasteiger partial charge on any atom is -0.496 e. The quantitative estimate of drug-likeness (QED) is 0.636. The largest absolute Gasteiger partial charge is 0.513 e. The molecule has 0 heterocycles. The monoisotopic (exact) mass is 344 g/mol. The predicted molar refractivity (Wildman–Crippen MR) is 92.2 cm³/mol. The Balaban J connectivity index is 2.80. The molecule has 6 nitrogen and oxygen atoms in total. The summed E-state index contributed by atoms with van der Waals surface area (Å²) in [6, 6.07) is 10.8. The second kappa shape index (κ2) is 8.19. The van der Waals surface area contributed by atoms with Gasteiger partial charge in [0, 0.05) is 11.6 Å². The highest BCUT2D eigenvalue weighted by atomic mass is 16.7. The highest BCUT2D eigenvalue weighted by Crippen LogP contribution is 2.41. The SMILES string of the molecule is CCc1c(OC)cc(OC(=O)OC)c(-c2ccccc2)c1CC(=O)O. The van der Waals surface area contributed by atoms with Crippen LogP contribution in [-0.2, 0) is 22.4 Å². The molecule has 0 aromatic heterocycles. The second-order valence-corrected chi connectivity index (χ2v) is 5.26. The number of hydrogen-bond acceptors (Lipinski definition) is 5. The lowest BCUT2D eigenvalue weighted by molar-refractivity contribution is -0.136. The van der Waals surface area contributed by atoms with Crippen molar-refractivity contribution >= 4 is 12.1 Å². The molecule has 0 radical (unpaired) electrons. The molecule has 0 aliphatic carbocycles. The number of aliphatic carboxylic acids is 1. The van der Waals surface area contributed by atoms with Crippen molar-refractivity contribution in [3.05, 3.63) is 47.5 Å². The molecule has 6 heteroatoms. The van der Waals surface area contributed by atoms with Crippen molar-refractivity contribution < 1.29 is 28.9 Å². The lowest BCUT2D eigenvalue weighted by Crippen LogP contribution is -2.12. The van der Waals surface area contributed by atoms with E-state index in [0.717, 1.165) is 11.1 Å². The van der Waals surface area contributed by atoms with Gasteiger partial charge in [-0.2, -0.15) is 0 Å². The number of benzene rings is 2. The molecular formula is C19H20O6. The average molecular weight is 344 g/mol. The third-order valence-electron chi connectivity index (χ3n) is 3.80. The van der Waals surface area contributed by atoms with Crippen molar-refractivity contribution in [2.45, 2.75) is 19.8 Å². The van der Waals surface area contributed by atoms with Gasteiger partial charge in [0.1, 0.15) is 11.5 Å². The number of methoxy groups -OCH3 is 2. The first kappa shape index (κ1) is 18.3. The maximum absolute atomic E-state index is 11.7. The predicted octanol–water partition coefficient (Wildman–Crippen LogP) is 3.70. The molecule has 25 heavy (non-hydrogen) atoms. The van der Waals surface area contributed by atoms with E-state index in [1.807, 2.05) is 37.3 Å². The number of ether oxygens (including phenoxy) is 3. The van der Waals surface area contributed by atoms with Gasteiger partial charge in [-0.05, 0) is 23.1 Å². The third kappa shape index (κ3) is 4.09. The van der Waals surface area contributed by atoms with E-state index in [0.29, 0.717) is 23.3 Å². The van der Waals surface area contributed by atoms with Crippen molar-refractivity contribution in [2.24, 2.45) is 0 Å². The highest BCUT2D eigenvalue weighted by molar-refractivity contribution is 5.84. The van der Waals surface area contributed by atoms with E-state index in [1.54, 1.807) is 6.07 Å². The van der Waals surface area contributed by atoms with Crippen LogP contribution in [0, 0.1) is 0 Å². The molecule has 2 aromatic carbocycles. The van der Waals surface area contributed by atoms with Crippen LogP contribution in [0.4, 0.5) is 4.79 Å². The van der Waals surface area contributed by atoms with Gasteiger partial charge in [0.2, 0.25) is 0 Å². The van der Waals surface area contributed by atoms with Crippen LogP contribution < -0.4 is 9.47 Å². The highest BCUT2D eigenvalue weighted by Gasteiger charge is 2.23. The summed E-state index contributed by atoms with van der Waals surface area (Å²) in [6.45, 7) is 1.92. The average Bonchev–Trinajstić information content (AvgIpc) is 2.61. The van der Waals surface area contributed by atoms with Crippen LogP contribution in [0.3, 0.4) is 0 Å². The molecule has 0 bridgehead atoms. The van der Waals surface area contributed by atoms with Crippen molar-refractivity contribution in [1.82, 2.24) is 0 Å². The minimum absolute atomic E-state index is 0.198. The Hall–Kier alpha value is -3.02. The van der Waals surface area contributed by atoms with E-state index in [-0.39, 0.29) is 12.2 Å². The van der Waals surface area contributed by atoms with Crippen molar-refractivity contribution in [3.63, 3.8) is 0 Å². The van der Waals surface area contributed by atoms with E-state index >= 15 is 0 Å². The van der Waals surface area contributed by atoms with Gasteiger partial charge in [-0.15, -0.1) is 0 Å². The Morgan fingerprint density at radius 1 is 1.04 bits per heavy atom. The van der Waals surface area contributed by atoms with Gasteiger partial charge in [0.25, 0.3) is 0 Å². The standard InChI is InChI=1S/C19H20O6/c1-4-13-14(10-17(20)21)18(12-8-6-5-7-9-12)16(11-15(13)23-2)25-19(22)24-3/h5-9,11H,4,10H2,1-3H3,(H,20,21). The molecule has 132 valence electrons. The van der Waals surface area contributed by atoms with E-state index < -0.39 is 12.1 Å². The number of carboxylic acids is 1. The molecule has 2 rings (SSSR count). The molecule has 0 amide bonds. The van der Waals surface area contributed by atoms with Crippen LogP contribution in [0.1, 0.15) is 18.1 Å². The summed E-state index contributed by atoms with van der Waals surface area (Å²) < 4.78 is 15.2. The molecule has 1 N–H and O–H groups in total. The zero-order valence-corrected chi connectivity index (χ0v) is 14.4. The Kier molecular flexibility index (Phi) is 6.00. The van der Waals surface area contributed by atoms with Crippen LogP contribution >= 0.6 is 0 Å². The van der Waals surface area contributed by atoms with Gasteiger partial charge in [0.15, 0.2) is 0 Å². The Morgan fingerprint density at radius 2 is 1.72 bits per heavy atom. The smallest absolute Gasteiger partial charge is 0.496 e. The Bertz CT molecular complexity index is 767. The lowest BCUT2D eigenvalue weighted by Gasteiger charge is -2.20. The first-order chi connectivity index (χ1) is 12.0. The fourth-order valence-electron chi connectivity index (χ4n) is 2.78. The number of carbonyl (C=O) groups is 2. The van der Waals surface area contributed by atoms with Gasteiger partial charge in [0.05, 0.1) is 20.6 Å². The van der Waals surface area contributed by atoms with Crippen LogP contribution in [0.25, 0.3) is 11.1 Å². The number of rotatable bonds is 6. The topological polar surface area (TPSA) is 82.1 Å². The fraction of sp³-hybridized carbons (Fsp3) is 0.263. The van der Waals surface area contributed by atoms with Crippen molar-refractivity contribution in [2.75, 3.05) is 14.2 Å². The first-order valence-electron chi connectivity index (χ1n) is 7.77. The fourth-order valence-corrected chi connectivity index (χ4v) is 2.78. The summed E-state index contributed by atoms with van der Waals surface area (Å²) in [7, 11) is 2.70. The summed E-state index contributed by atoms with van der Waals surface area (Å²) in [5.41, 5.74) is 2.61. The molecule has 0 unspecified atom stereocenters. The molecule has 0 atom stereocenters. The summed E-state index contributed by atoms with van der Waals surface area (Å²) >= 11 is 0. The van der Waals surface area contributed by atoms with Crippen molar-refractivity contribution in [3.8, 4) is 22.6 Å². The zero-order valence-electron chi connectivity index (χ0n) is 14.4. The zero-order chi connectivity index (χ0) is 18.4. The normalized spacial score (nSPS) is 10.2. The minimum atomic E-state index is -0.982. The number of carboxylic acid groups (broad SMARTS) is 1.